The fraction of sp³-hybridized carbons (Fsp3) is 0.474. The third kappa shape index (κ3) is 3.21. The molecule has 2 aromatic rings. The number of nitrogens with zero attached hydrogens (tertiary/aromatic N) is 3. The molecule has 3 unspecified atom stereocenters. The van der Waals surface area contributed by atoms with Crippen molar-refractivity contribution in [2.75, 3.05) is 5.32 Å². The number of nitro groups is 1. The van der Waals surface area contributed by atoms with Gasteiger partial charge >= 0.3 is 0 Å². The molecule has 0 aliphatic heterocycles. The zero-order chi connectivity index (χ0) is 18.3. The Labute approximate surface area is 151 Å². The Balaban J connectivity index is 1.48. The van der Waals surface area contributed by atoms with E-state index in [0.717, 1.165) is 11.6 Å². The summed E-state index contributed by atoms with van der Waals surface area (Å²) in [5.41, 5.74) is 1.48. The highest BCUT2D eigenvalue weighted by molar-refractivity contribution is 5.90. The molecule has 2 fully saturated rings. The largest absolute Gasteiger partial charge is 0.311 e. The molecule has 1 aromatic carbocycles. The number of non-ortho nitro benzene ring substituents is 1. The number of carbonyl (C=O) groups excluding carboxylic acids is 1. The third-order valence-corrected chi connectivity index (χ3v) is 5.74. The first-order valence-corrected chi connectivity index (χ1v) is 9.11. The number of nitro benzene ring substituents is 1. The molecule has 2 aliphatic carbocycles. The summed E-state index contributed by atoms with van der Waals surface area (Å²) < 4.78 is 1.62. The summed E-state index contributed by atoms with van der Waals surface area (Å²) in [4.78, 5) is 22.9. The Morgan fingerprint density at radius 3 is 2.69 bits per heavy atom. The lowest BCUT2D eigenvalue weighted by Gasteiger charge is -2.21. The van der Waals surface area contributed by atoms with E-state index in [1.165, 1.54) is 37.8 Å². The highest BCUT2D eigenvalue weighted by Gasteiger charge is 2.40. The summed E-state index contributed by atoms with van der Waals surface area (Å²) in [5.74, 6) is 2.67. The Hall–Kier alpha value is -2.70. The number of hydrogen-bond acceptors (Lipinski definition) is 4. The van der Waals surface area contributed by atoms with E-state index >= 15 is 0 Å². The number of anilines is 1. The van der Waals surface area contributed by atoms with Gasteiger partial charge in [-0.05, 0) is 56.1 Å². The van der Waals surface area contributed by atoms with Crippen molar-refractivity contribution in [3.05, 3.63) is 46.1 Å². The van der Waals surface area contributed by atoms with Gasteiger partial charge in [0.05, 0.1) is 16.3 Å². The quantitative estimate of drug-likeness (QED) is 0.652. The first kappa shape index (κ1) is 16.8. The monoisotopic (exact) mass is 354 g/mol. The summed E-state index contributed by atoms with van der Waals surface area (Å²) in [6.07, 6.45) is 5.62. The van der Waals surface area contributed by atoms with E-state index in [1.54, 1.807) is 16.8 Å². The van der Waals surface area contributed by atoms with Crippen molar-refractivity contribution in [2.24, 2.45) is 17.8 Å². The number of benzene rings is 1. The van der Waals surface area contributed by atoms with Crippen LogP contribution in [0.5, 0.6) is 0 Å². The molecule has 0 spiro atoms. The molecule has 1 N–H and O–H groups in total. The van der Waals surface area contributed by atoms with E-state index in [2.05, 4.69) is 10.4 Å². The summed E-state index contributed by atoms with van der Waals surface area (Å²) in [6.45, 7) is 1.85. The van der Waals surface area contributed by atoms with E-state index in [9.17, 15) is 14.9 Å². The van der Waals surface area contributed by atoms with Gasteiger partial charge in [-0.15, -0.1) is 0 Å². The van der Waals surface area contributed by atoms with Crippen molar-refractivity contribution < 1.29 is 9.72 Å². The Kier molecular flexibility index (Phi) is 4.22. The van der Waals surface area contributed by atoms with Crippen LogP contribution in [-0.4, -0.2) is 20.6 Å². The number of aromatic nitrogens is 2. The third-order valence-electron chi connectivity index (χ3n) is 5.74. The second-order valence-corrected chi connectivity index (χ2v) is 7.54. The van der Waals surface area contributed by atoms with Crippen molar-refractivity contribution in [3.63, 3.8) is 0 Å². The average Bonchev–Trinajstić information content (AvgIpc) is 3.30. The molecule has 26 heavy (non-hydrogen) atoms. The second-order valence-electron chi connectivity index (χ2n) is 7.54. The predicted octanol–water partition coefficient (Wildman–Crippen LogP) is 3.85. The molecule has 7 heteroatoms. The SMILES string of the molecule is Cc1cc(NC(=O)CC2CC3CCC2C3)n(-c2ccc([N+](=O)[O-])cc2)n1. The van der Waals surface area contributed by atoms with Crippen molar-refractivity contribution in [1.29, 1.82) is 0 Å². The lowest BCUT2D eigenvalue weighted by Crippen LogP contribution is -2.21. The van der Waals surface area contributed by atoms with Gasteiger partial charge < -0.3 is 5.32 Å². The predicted molar refractivity (Wildman–Crippen MR) is 97.1 cm³/mol. The van der Waals surface area contributed by atoms with Crippen LogP contribution in [-0.2, 0) is 4.79 Å². The fourth-order valence-electron chi connectivity index (χ4n) is 4.56. The normalized spacial score (nSPS) is 24.0. The van der Waals surface area contributed by atoms with Gasteiger partial charge in [0.1, 0.15) is 5.82 Å². The van der Waals surface area contributed by atoms with Crippen LogP contribution < -0.4 is 5.32 Å². The smallest absolute Gasteiger partial charge is 0.269 e. The standard InChI is InChI=1S/C19H22N4O3/c1-12-8-18(20-19(24)11-15-10-13-2-3-14(15)9-13)22(21-12)16-4-6-17(7-5-16)23(25)26/h4-8,13-15H,2-3,9-11H2,1H3,(H,20,24). The molecule has 1 amide bonds. The van der Waals surface area contributed by atoms with E-state index in [0.29, 0.717) is 29.8 Å². The minimum Gasteiger partial charge on any atom is -0.311 e. The van der Waals surface area contributed by atoms with Crippen molar-refractivity contribution in [2.45, 2.75) is 39.0 Å². The van der Waals surface area contributed by atoms with E-state index in [4.69, 9.17) is 0 Å². The van der Waals surface area contributed by atoms with Gasteiger partial charge in [0.15, 0.2) is 0 Å². The molecule has 0 radical (unpaired) electrons. The molecule has 3 atom stereocenters. The van der Waals surface area contributed by atoms with Crippen LogP contribution in [0.4, 0.5) is 11.5 Å². The molecule has 136 valence electrons. The van der Waals surface area contributed by atoms with Gasteiger partial charge in [-0.25, -0.2) is 4.68 Å². The molecule has 0 saturated heterocycles. The molecule has 1 heterocycles. The highest BCUT2D eigenvalue weighted by atomic mass is 16.6. The average molecular weight is 354 g/mol. The van der Waals surface area contributed by atoms with E-state index in [-0.39, 0.29) is 11.6 Å². The number of amides is 1. The van der Waals surface area contributed by atoms with Crippen molar-refractivity contribution >= 4 is 17.4 Å². The molecule has 2 bridgehead atoms. The molecule has 7 nitrogen and oxygen atoms in total. The number of carbonyl (C=O) groups is 1. The van der Waals surface area contributed by atoms with E-state index < -0.39 is 4.92 Å². The van der Waals surface area contributed by atoms with Crippen LogP contribution in [0.25, 0.3) is 5.69 Å². The Bertz CT molecular complexity index is 843. The van der Waals surface area contributed by atoms with Gasteiger partial charge in [-0.1, -0.05) is 6.42 Å². The first-order valence-electron chi connectivity index (χ1n) is 9.11. The van der Waals surface area contributed by atoms with Crippen LogP contribution >= 0.6 is 0 Å². The summed E-state index contributed by atoms with van der Waals surface area (Å²) in [6, 6.07) is 7.97. The lowest BCUT2D eigenvalue weighted by molar-refractivity contribution is -0.384. The van der Waals surface area contributed by atoms with E-state index in [1.807, 2.05) is 13.0 Å². The minimum absolute atomic E-state index is 0.0191. The number of fused-ring (bicyclic) bond motifs is 2. The number of hydrogen-bond donors (Lipinski definition) is 1. The number of rotatable bonds is 5. The maximum atomic E-state index is 12.5. The summed E-state index contributed by atoms with van der Waals surface area (Å²) in [7, 11) is 0. The number of nitrogens with one attached hydrogen (secondary N) is 1. The van der Waals surface area contributed by atoms with Crippen LogP contribution in [0.3, 0.4) is 0 Å². The minimum atomic E-state index is -0.434. The van der Waals surface area contributed by atoms with Crippen LogP contribution in [0.1, 0.15) is 37.8 Å². The van der Waals surface area contributed by atoms with Crippen LogP contribution in [0.15, 0.2) is 30.3 Å². The van der Waals surface area contributed by atoms with Crippen LogP contribution in [0.2, 0.25) is 0 Å². The Morgan fingerprint density at radius 2 is 2.08 bits per heavy atom. The maximum absolute atomic E-state index is 12.5. The summed E-state index contributed by atoms with van der Waals surface area (Å²) >= 11 is 0. The Morgan fingerprint density at radius 1 is 1.31 bits per heavy atom. The molecular formula is C19H22N4O3. The van der Waals surface area contributed by atoms with Crippen molar-refractivity contribution in [1.82, 2.24) is 9.78 Å². The summed E-state index contributed by atoms with van der Waals surface area (Å²) in [5, 5.41) is 18.2. The molecular weight excluding hydrogens is 332 g/mol. The first-order chi connectivity index (χ1) is 12.5. The zero-order valence-corrected chi connectivity index (χ0v) is 14.7. The van der Waals surface area contributed by atoms with Gasteiger partial charge in [-0.2, -0.15) is 5.10 Å². The van der Waals surface area contributed by atoms with Gasteiger partial charge in [0.2, 0.25) is 5.91 Å². The van der Waals surface area contributed by atoms with Crippen LogP contribution in [0, 0.1) is 34.8 Å². The number of aryl methyl sites for hydroxylation is 1. The van der Waals surface area contributed by atoms with Gasteiger partial charge in [0, 0.05) is 24.6 Å². The van der Waals surface area contributed by atoms with Gasteiger partial charge in [0.25, 0.3) is 5.69 Å². The molecule has 2 aliphatic rings. The molecule has 2 saturated carbocycles. The lowest BCUT2D eigenvalue weighted by atomic mass is 9.86. The van der Waals surface area contributed by atoms with Crippen molar-refractivity contribution in [3.8, 4) is 5.69 Å². The molecule has 4 rings (SSSR count). The van der Waals surface area contributed by atoms with Gasteiger partial charge in [-0.3, -0.25) is 14.9 Å². The second kappa shape index (κ2) is 6.55. The fourth-order valence-corrected chi connectivity index (χ4v) is 4.56. The topological polar surface area (TPSA) is 90.1 Å². The zero-order valence-electron chi connectivity index (χ0n) is 14.7. The maximum Gasteiger partial charge on any atom is 0.269 e. The highest BCUT2D eigenvalue weighted by Crippen LogP contribution is 2.49. The molecule has 1 aromatic heterocycles.